The van der Waals surface area contributed by atoms with Gasteiger partial charge >= 0.3 is 0 Å². The van der Waals surface area contributed by atoms with E-state index in [1.54, 1.807) is 19.2 Å². The van der Waals surface area contributed by atoms with E-state index in [0.717, 1.165) is 30.5 Å². The van der Waals surface area contributed by atoms with Gasteiger partial charge in [0, 0.05) is 24.8 Å². The third-order valence-corrected chi connectivity index (χ3v) is 3.24. The van der Waals surface area contributed by atoms with Crippen molar-refractivity contribution in [3.05, 3.63) is 39.4 Å². The molecule has 0 saturated carbocycles. The lowest BCUT2D eigenvalue weighted by Crippen LogP contribution is -2.33. The minimum atomic E-state index is -0.324. The average Bonchev–Trinajstić information content (AvgIpc) is 2.37. The lowest BCUT2D eigenvalue weighted by Gasteiger charge is -2.17. The van der Waals surface area contributed by atoms with Crippen LogP contribution in [0.3, 0.4) is 0 Å². The maximum absolute atomic E-state index is 10.9. The second-order valence-electron chi connectivity index (χ2n) is 4.57. The van der Waals surface area contributed by atoms with E-state index < -0.39 is 0 Å². The number of hydrogen-bond acceptors (Lipinski definition) is 4. The molecule has 5 heteroatoms. The van der Waals surface area contributed by atoms with Crippen LogP contribution in [-0.2, 0) is 11.2 Å². The molecule has 1 aromatic rings. The van der Waals surface area contributed by atoms with Gasteiger partial charge < -0.3 is 10.1 Å². The van der Waals surface area contributed by atoms with Gasteiger partial charge in [-0.1, -0.05) is 19.1 Å². The van der Waals surface area contributed by atoms with Crippen molar-refractivity contribution < 1.29 is 9.66 Å². The Kier molecular flexibility index (Phi) is 6.45. The molecule has 0 bridgehead atoms. The number of ether oxygens (including phenoxy) is 1. The van der Waals surface area contributed by atoms with Crippen LogP contribution in [0.2, 0.25) is 0 Å². The number of aryl methyl sites for hydroxylation is 1. The zero-order valence-corrected chi connectivity index (χ0v) is 11.8. The van der Waals surface area contributed by atoms with Gasteiger partial charge in [0.2, 0.25) is 0 Å². The molecule has 0 aromatic heterocycles. The molecule has 0 fully saturated rings. The van der Waals surface area contributed by atoms with Gasteiger partial charge in [-0.25, -0.2) is 0 Å². The van der Waals surface area contributed by atoms with E-state index in [4.69, 9.17) is 4.74 Å². The normalized spacial score (nSPS) is 12.4. The van der Waals surface area contributed by atoms with Crippen LogP contribution in [0.5, 0.6) is 0 Å². The molecule has 1 aromatic carbocycles. The maximum Gasteiger partial charge on any atom is 0.272 e. The maximum atomic E-state index is 10.9. The zero-order valence-electron chi connectivity index (χ0n) is 11.8. The molecule has 0 aliphatic carbocycles. The van der Waals surface area contributed by atoms with E-state index in [2.05, 4.69) is 12.2 Å². The van der Waals surface area contributed by atoms with E-state index in [9.17, 15) is 10.1 Å². The highest BCUT2D eigenvalue weighted by molar-refractivity contribution is 5.44. The number of hydrogen-bond donors (Lipinski definition) is 1. The van der Waals surface area contributed by atoms with Crippen molar-refractivity contribution in [1.29, 1.82) is 0 Å². The van der Waals surface area contributed by atoms with E-state index >= 15 is 0 Å². The van der Waals surface area contributed by atoms with E-state index in [0.29, 0.717) is 6.61 Å². The van der Waals surface area contributed by atoms with Gasteiger partial charge in [-0.15, -0.1) is 0 Å². The van der Waals surface area contributed by atoms with E-state index in [1.807, 2.05) is 13.0 Å². The van der Waals surface area contributed by atoms with Crippen LogP contribution in [0, 0.1) is 17.0 Å². The second-order valence-corrected chi connectivity index (χ2v) is 4.57. The number of benzene rings is 1. The molecular formula is C14H22N2O3. The highest BCUT2D eigenvalue weighted by atomic mass is 16.6. The SMILES string of the molecule is CCNC(CCc1cccc([N+](=O)[O-])c1C)COC. The first-order valence-corrected chi connectivity index (χ1v) is 6.55. The van der Waals surface area contributed by atoms with Crippen molar-refractivity contribution in [1.82, 2.24) is 5.32 Å². The Bertz CT molecular complexity index is 415. The Morgan fingerprint density at radius 2 is 2.21 bits per heavy atom. The standard InChI is InChI=1S/C14H22N2O3/c1-4-15-13(10-19-3)9-8-12-6-5-7-14(11(12)2)16(17)18/h5-7,13,15H,4,8-10H2,1-3H3. The lowest BCUT2D eigenvalue weighted by molar-refractivity contribution is -0.385. The van der Waals surface area contributed by atoms with Crippen molar-refractivity contribution in [3.8, 4) is 0 Å². The van der Waals surface area contributed by atoms with Crippen LogP contribution < -0.4 is 5.32 Å². The molecule has 0 saturated heterocycles. The average molecular weight is 266 g/mol. The Balaban J connectivity index is 2.71. The minimum Gasteiger partial charge on any atom is -0.383 e. The van der Waals surface area contributed by atoms with E-state index in [-0.39, 0.29) is 16.7 Å². The summed E-state index contributed by atoms with van der Waals surface area (Å²) in [5.41, 5.74) is 2.00. The van der Waals surface area contributed by atoms with Crippen LogP contribution in [0.15, 0.2) is 18.2 Å². The van der Waals surface area contributed by atoms with Crippen molar-refractivity contribution in [2.24, 2.45) is 0 Å². The van der Waals surface area contributed by atoms with Gasteiger partial charge in [0.05, 0.1) is 11.5 Å². The third-order valence-electron chi connectivity index (χ3n) is 3.24. The van der Waals surface area contributed by atoms with Gasteiger partial charge in [0.1, 0.15) is 0 Å². The number of rotatable bonds is 8. The van der Waals surface area contributed by atoms with Crippen LogP contribution in [0.1, 0.15) is 24.5 Å². The summed E-state index contributed by atoms with van der Waals surface area (Å²) in [7, 11) is 1.68. The molecule has 106 valence electrons. The fourth-order valence-electron chi connectivity index (χ4n) is 2.20. The van der Waals surface area contributed by atoms with E-state index in [1.165, 1.54) is 0 Å². The minimum absolute atomic E-state index is 0.198. The zero-order chi connectivity index (χ0) is 14.3. The lowest BCUT2D eigenvalue weighted by atomic mass is 10.00. The smallest absolute Gasteiger partial charge is 0.272 e. The molecule has 19 heavy (non-hydrogen) atoms. The molecule has 0 heterocycles. The molecule has 1 atom stereocenters. The summed E-state index contributed by atoms with van der Waals surface area (Å²) in [5, 5.41) is 14.2. The van der Waals surface area contributed by atoms with Gasteiger partial charge in [-0.05, 0) is 31.9 Å². The Hall–Kier alpha value is -1.46. The van der Waals surface area contributed by atoms with Crippen LogP contribution in [-0.4, -0.2) is 31.2 Å². The molecule has 1 rings (SSSR count). The number of methoxy groups -OCH3 is 1. The molecule has 1 unspecified atom stereocenters. The molecule has 0 aliphatic heterocycles. The number of nitrogens with zero attached hydrogens (tertiary/aromatic N) is 1. The Morgan fingerprint density at radius 3 is 2.79 bits per heavy atom. The summed E-state index contributed by atoms with van der Waals surface area (Å²) >= 11 is 0. The first-order chi connectivity index (χ1) is 9.10. The molecule has 0 spiro atoms. The molecule has 0 radical (unpaired) electrons. The first kappa shape index (κ1) is 15.6. The van der Waals surface area contributed by atoms with Gasteiger partial charge in [-0.3, -0.25) is 10.1 Å². The number of nitrogens with one attached hydrogen (secondary N) is 1. The molecule has 1 N–H and O–H groups in total. The van der Waals surface area contributed by atoms with Gasteiger partial charge in [0.15, 0.2) is 0 Å². The van der Waals surface area contributed by atoms with Gasteiger partial charge in [-0.2, -0.15) is 0 Å². The largest absolute Gasteiger partial charge is 0.383 e. The van der Waals surface area contributed by atoms with Gasteiger partial charge in [0.25, 0.3) is 5.69 Å². The summed E-state index contributed by atoms with van der Waals surface area (Å²) in [5.74, 6) is 0. The molecule has 0 amide bonds. The molecule has 5 nitrogen and oxygen atoms in total. The molecule has 0 aliphatic rings. The first-order valence-electron chi connectivity index (χ1n) is 6.55. The third kappa shape index (κ3) is 4.61. The Morgan fingerprint density at radius 1 is 1.47 bits per heavy atom. The summed E-state index contributed by atoms with van der Waals surface area (Å²) in [6, 6.07) is 5.54. The van der Waals surface area contributed by atoms with Crippen LogP contribution >= 0.6 is 0 Å². The topological polar surface area (TPSA) is 64.4 Å². The second kappa shape index (κ2) is 7.86. The van der Waals surface area contributed by atoms with Crippen LogP contribution in [0.4, 0.5) is 5.69 Å². The Labute approximate surface area is 114 Å². The number of likely N-dealkylation sites (N-methyl/N-ethyl adjacent to an activating group) is 1. The number of nitro groups is 1. The van der Waals surface area contributed by atoms with Crippen molar-refractivity contribution >= 4 is 5.69 Å². The monoisotopic (exact) mass is 266 g/mol. The summed E-state index contributed by atoms with van der Waals surface area (Å²) in [4.78, 5) is 10.6. The predicted octanol–water partition coefficient (Wildman–Crippen LogP) is 2.46. The quantitative estimate of drug-likeness (QED) is 0.580. The summed E-state index contributed by atoms with van der Waals surface area (Å²) in [6.45, 7) is 5.41. The van der Waals surface area contributed by atoms with Crippen molar-refractivity contribution in [2.45, 2.75) is 32.7 Å². The summed E-state index contributed by atoms with van der Waals surface area (Å²) < 4.78 is 5.17. The fraction of sp³-hybridized carbons (Fsp3) is 0.571. The van der Waals surface area contributed by atoms with Crippen LogP contribution in [0.25, 0.3) is 0 Å². The van der Waals surface area contributed by atoms with Crippen molar-refractivity contribution in [2.75, 3.05) is 20.3 Å². The highest BCUT2D eigenvalue weighted by Crippen LogP contribution is 2.22. The van der Waals surface area contributed by atoms with Crippen molar-refractivity contribution in [3.63, 3.8) is 0 Å². The highest BCUT2D eigenvalue weighted by Gasteiger charge is 2.14. The summed E-state index contributed by atoms with van der Waals surface area (Å²) in [6.07, 6.45) is 1.72. The fourth-order valence-corrected chi connectivity index (χ4v) is 2.20. The predicted molar refractivity (Wildman–Crippen MR) is 75.5 cm³/mol. The molecular weight excluding hydrogens is 244 g/mol. The number of nitro benzene ring substituents is 1.